The summed E-state index contributed by atoms with van der Waals surface area (Å²) in [5, 5.41) is 0. The molecule has 0 saturated heterocycles. The molecule has 4 heteroatoms. The third-order valence-corrected chi connectivity index (χ3v) is 2.76. The summed E-state index contributed by atoms with van der Waals surface area (Å²) in [4.78, 5) is 10.9. The molecule has 0 spiro atoms. The summed E-state index contributed by atoms with van der Waals surface area (Å²) in [5.74, 6) is 0.804. The van der Waals surface area contributed by atoms with Gasteiger partial charge < -0.3 is 10.6 Å². The molecule has 1 aromatic heterocycles. The van der Waals surface area contributed by atoms with Crippen molar-refractivity contribution in [2.45, 2.75) is 39.7 Å². The van der Waals surface area contributed by atoms with E-state index in [0.717, 1.165) is 37.4 Å². The summed E-state index contributed by atoms with van der Waals surface area (Å²) in [5.41, 5.74) is 7.01. The fourth-order valence-corrected chi connectivity index (χ4v) is 1.57. The van der Waals surface area contributed by atoms with Crippen LogP contribution in [0.15, 0.2) is 12.4 Å². The molecule has 0 aliphatic rings. The lowest BCUT2D eigenvalue weighted by atomic mass is 10.1. The van der Waals surface area contributed by atoms with Crippen molar-refractivity contribution in [2.75, 3.05) is 18.0 Å². The second kappa shape index (κ2) is 6.43. The highest BCUT2D eigenvalue weighted by Crippen LogP contribution is 2.08. The van der Waals surface area contributed by atoms with Gasteiger partial charge >= 0.3 is 0 Å². The van der Waals surface area contributed by atoms with Gasteiger partial charge in [-0.25, -0.2) is 9.97 Å². The molecule has 0 radical (unpaired) electrons. The minimum Gasteiger partial charge on any atom is -0.341 e. The predicted octanol–water partition coefficient (Wildman–Crippen LogP) is 1.60. The quantitative estimate of drug-likeness (QED) is 0.794. The molecule has 1 atom stereocenters. The van der Waals surface area contributed by atoms with Gasteiger partial charge in [0, 0.05) is 31.5 Å². The van der Waals surface area contributed by atoms with E-state index in [1.54, 1.807) is 0 Å². The summed E-state index contributed by atoms with van der Waals surface area (Å²) in [6.07, 6.45) is 5.61. The average Bonchev–Trinajstić information content (AvgIpc) is 2.32. The van der Waals surface area contributed by atoms with E-state index in [-0.39, 0.29) is 6.04 Å². The molecule has 1 rings (SSSR count). The summed E-state index contributed by atoms with van der Waals surface area (Å²) in [7, 11) is 0. The predicted molar refractivity (Wildman–Crippen MR) is 67.6 cm³/mol. The lowest BCUT2D eigenvalue weighted by Gasteiger charge is -2.18. The molecule has 1 heterocycles. The molecule has 0 aliphatic carbocycles. The molecule has 0 bridgehead atoms. The lowest BCUT2D eigenvalue weighted by Crippen LogP contribution is -2.25. The van der Waals surface area contributed by atoms with E-state index in [4.69, 9.17) is 5.73 Å². The molecule has 1 aromatic rings. The third kappa shape index (κ3) is 3.45. The zero-order valence-corrected chi connectivity index (χ0v) is 10.5. The van der Waals surface area contributed by atoms with Crippen LogP contribution in [0.3, 0.4) is 0 Å². The van der Waals surface area contributed by atoms with Crippen molar-refractivity contribution in [3.8, 4) is 0 Å². The first-order valence-corrected chi connectivity index (χ1v) is 6.02. The molecule has 0 aliphatic heterocycles. The van der Waals surface area contributed by atoms with Crippen LogP contribution in [0.5, 0.6) is 0 Å². The fraction of sp³-hybridized carbons (Fsp3) is 0.667. The molecular weight excluding hydrogens is 200 g/mol. The smallest absolute Gasteiger partial charge is 0.225 e. The van der Waals surface area contributed by atoms with E-state index < -0.39 is 0 Å². The maximum Gasteiger partial charge on any atom is 0.225 e. The first-order valence-electron chi connectivity index (χ1n) is 6.02. The van der Waals surface area contributed by atoms with E-state index in [1.165, 1.54) is 0 Å². The normalized spacial score (nSPS) is 12.5. The van der Waals surface area contributed by atoms with Crippen LogP contribution in [-0.2, 0) is 6.42 Å². The van der Waals surface area contributed by atoms with Crippen LogP contribution < -0.4 is 10.6 Å². The Morgan fingerprint density at radius 3 is 2.19 bits per heavy atom. The molecule has 0 aromatic carbocycles. The Labute approximate surface area is 97.9 Å². The maximum absolute atomic E-state index is 5.89. The number of rotatable bonds is 6. The Balaban J connectivity index is 2.67. The summed E-state index contributed by atoms with van der Waals surface area (Å²) in [6, 6.07) is 0.211. The molecule has 0 amide bonds. The van der Waals surface area contributed by atoms with Gasteiger partial charge in [-0.2, -0.15) is 0 Å². The Morgan fingerprint density at radius 1 is 1.19 bits per heavy atom. The van der Waals surface area contributed by atoms with Crippen LogP contribution in [-0.4, -0.2) is 29.1 Å². The topological polar surface area (TPSA) is 55.0 Å². The van der Waals surface area contributed by atoms with Gasteiger partial charge in [-0.15, -0.1) is 0 Å². The minimum atomic E-state index is 0.211. The van der Waals surface area contributed by atoms with Crippen molar-refractivity contribution < 1.29 is 0 Å². The summed E-state index contributed by atoms with van der Waals surface area (Å²) in [6.45, 7) is 8.17. The van der Waals surface area contributed by atoms with Gasteiger partial charge in [0.15, 0.2) is 0 Å². The van der Waals surface area contributed by atoms with Gasteiger partial charge in [0.1, 0.15) is 0 Å². The van der Waals surface area contributed by atoms with Crippen molar-refractivity contribution in [3.63, 3.8) is 0 Å². The molecule has 0 fully saturated rings. The zero-order chi connectivity index (χ0) is 12.0. The number of hydrogen-bond acceptors (Lipinski definition) is 4. The van der Waals surface area contributed by atoms with Crippen molar-refractivity contribution in [2.24, 2.45) is 5.73 Å². The largest absolute Gasteiger partial charge is 0.341 e. The highest BCUT2D eigenvalue weighted by Gasteiger charge is 2.06. The van der Waals surface area contributed by atoms with Crippen LogP contribution in [0.2, 0.25) is 0 Å². The number of nitrogens with zero attached hydrogens (tertiary/aromatic N) is 3. The van der Waals surface area contributed by atoms with Gasteiger partial charge in [-0.3, -0.25) is 0 Å². The van der Waals surface area contributed by atoms with Crippen LogP contribution in [0.4, 0.5) is 5.95 Å². The Kier molecular flexibility index (Phi) is 5.19. The SMILES string of the molecule is CCC(N)Cc1cnc(N(CC)CC)nc1. The molecule has 2 N–H and O–H groups in total. The van der Waals surface area contributed by atoms with Crippen LogP contribution in [0.1, 0.15) is 32.8 Å². The zero-order valence-electron chi connectivity index (χ0n) is 10.5. The standard InChI is InChI=1S/C12H22N4/c1-4-11(13)7-10-8-14-12(15-9-10)16(5-2)6-3/h8-9,11H,4-7,13H2,1-3H3. The van der Waals surface area contributed by atoms with E-state index in [0.29, 0.717) is 0 Å². The van der Waals surface area contributed by atoms with Crippen molar-refractivity contribution in [3.05, 3.63) is 18.0 Å². The van der Waals surface area contributed by atoms with Gasteiger partial charge in [0.25, 0.3) is 0 Å². The average molecular weight is 222 g/mol. The van der Waals surface area contributed by atoms with Gasteiger partial charge in [-0.05, 0) is 32.3 Å². The Morgan fingerprint density at radius 2 is 1.75 bits per heavy atom. The van der Waals surface area contributed by atoms with Gasteiger partial charge in [-0.1, -0.05) is 6.92 Å². The van der Waals surface area contributed by atoms with E-state index in [2.05, 4.69) is 35.6 Å². The van der Waals surface area contributed by atoms with Crippen LogP contribution in [0, 0.1) is 0 Å². The second-order valence-electron chi connectivity index (χ2n) is 3.94. The van der Waals surface area contributed by atoms with E-state index in [1.807, 2.05) is 12.4 Å². The summed E-state index contributed by atoms with van der Waals surface area (Å²) < 4.78 is 0. The van der Waals surface area contributed by atoms with Crippen LogP contribution >= 0.6 is 0 Å². The van der Waals surface area contributed by atoms with E-state index in [9.17, 15) is 0 Å². The van der Waals surface area contributed by atoms with Crippen molar-refractivity contribution >= 4 is 5.95 Å². The fourth-order valence-electron chi connectivity index (χ4n) is 1.57. The molecule has 4 nitrogen and oxygen atoms in total. The first-order chi connectivity index (χ1) is 7.71. The monoisotopic (exact) mass is 222 g/mol. The number of nitrogens with two attached hydrogens (primary N) is 1. The second-order valence-corrected chi connectivity index (χ2v) is 3.94. The number of hydrogen-bond donors (Lipinski definition) is 1. The van der Waals surface area contributed by atoms with Gasteiger partial charge in [0.2, 0.25) is 5.95 Å². The third-order valence-electron chi connectivity index (χ3n) is 2.76. The van der Waals surface area contributed by atoms with Crippen LogP contribution in [0.25, 0.3) is 0 Å². The van der Waals surface area contributed by atoms with Crippen molar-refractivity contribution in [1.82, 2.24) is 9.97 Å². The minimum absolute atomic E-state index is 0.211. The maximum atomic E-state index is 5.89. The molecule has 16 heavy (non-hydrogen) atoms. The van der Waals surface area contributed by atoms with Crippen molar-refractivity contribution in [1.29, 1.82) is 0 Å². The lowest BCUT2D eigenvalue weighted by molar-refractivity contribution is 0.643. The summed E-state index contributed by atoms with van der Waals surface area (Å²) >= 11 is 0. The van der Waals surface area contributed by atoms with Gasteiger partial charge in [0.05, 0.1) is 0 Å². The highest BCUT2D eigenvalue weighted by molar-refractivity contribution is 5.29. The molecular formula is C12H22N4. The molecule has 90 valence electrons. The number of aromatic nitrogens is 2. The molecule has 1 unspecified atom stereocenters. The highest BCUT2D eigenvalue weighted by atomic mass is 15.2. The number of anilines is 1. The van der Waals surface area contributed by atoms with E-state index >= 15 is 0 Å². The Hall–Kier alpha value is -1.16. The molecule has 0 saturated carbocycles. The first kappa shape index (κ1) is 12.9. The Bertz CT molecular complexity index is 292.